The molecule has 2 aliphatic heterocycles. The van der Waals surface area contributed by atoms with Crippen molar-refractivity contribution < 1.29 is 8.42 Å². The fourth-order valence-corrected chi connectivity index (χ4v) is 3.31. The zero-order valence-corrected chi connectivity index (χ0v) is 13.0. The van der Waals surface area contributed by atoms with E-state index in [4.69, 9.17) is 0 Å². The molecule has 1 fully saturated rings. The van der Waals surface area contributed by atoms with Crippen LogP contribution in [0.15, 0.2) is 16.3 Å². The first-order valence-corrected chi connectivity index (χ1v) is 7.87. The lowest BCUT2D eigenvalue weighted by atomic mass is 10.0. The van der Waals surface area contributed by atoms with Gasteiger partial charge in [0.15, 0.2) is 0 Å². The molecule has 2 heterocycles. The summed E-state index contributed by atoms with van der Waals surface area (Å²) in [6.07, 6.45) is 0.732. The Bertz CT molecular complexity index is 536. The molecule has 0 amide bonds. The molecule has 0 saturated carbocycles. The third kappa shape index (κ3) is 2.68. The van der Waals surface area contributed by atoms with Gasteiger partial charge in [-0.25, -0.2) is 0 Å². The highest BCUT2D eigenvalue weighted by molar-refractivity contribution is 7.87. The van der Waals surface area contributed by atoms with Crippen molar-refractivity contribution in [1.82, 2.24) is 13.9 Å². The van der Waals surface area contributed by atoms with Crippen LogP contribution in [0.25, 0.3) is 0 Å². The summed E-state index contributed by atoms with van der Waals surface area (Å²) in [5, 5.41) is 0. The van der Waals surface area contributed by atoms with Crippen LogP contribution in [0.4, 0.5) is 0 Å². The summed E-state index contributed by atoms with van der Waals surface area (Å²) in [4.78, 5) is 6.69. The molecule has 19 heavy (non-hydrogen) atoms. The van der Waals surface area contributed by atoms with Crippen LogP contribution in [-0.2, 0) is 10.2 Å². The van der Waals surface area contributed by atoms with E-state index in [9.17, 15) is 8.42 Å². The standard InChI is InChI=1S/C12H22N4O2S/c1-8-9(2)13-10(3)16-7-11(6-12(8)16)14-19(17,18)15(4)5/h9,11,14H,6-7H2,1-5H3. The minimum Gasteiger partial charge on any atom is -0.332 e. The predicted molar refractivity (Wildman–Crippen MR) is 76.1 cm³/mol. The number of hydrogen-bond donors (Lipinski definition) is 1. The second-order valence-corrected chi connectivity index (χ2v) is 7.32. The summed E-state index contributed by atoms with van der Waals surface area (Å²) in [5.74, 6) is 0.972. The summed E-state index contributed by atoms with van der Waals surface area (Å²) >= 11 is 0. The van der Waals surface area contributed by atoms with Crippen molar-refractivity contribution >= 4 is 16.0 Å². The molecule has 1 N–H and O–H groups in total. The van der Waals surface area contributed by atoms with Gasteiger partial charge in [-0.05, 0) is 26.3 Å². The SMILES string of the molecule is CC1=NC(C)C(C)=C2CC(NS(=O)(=O)N(C)C)CN12. The second-order valence-electron chi connectivity index (χ2n) is 5.40. The lowest BCUT2D eigenvalue weighted by molar-refractivity contribution is 0.476. The topological polar surface area (TPSA) is 65.0 Å². The Morgan fingerprint density at radius 3 is 2.58 bits per heavy atom. The Morgan fingerprint density at radius 2 is 2.00 bits per heavy atom. The first-order valence-electron chi connectivity index (χ1n) is 6.43. The van der Waals surface area contributed by atoms with Crippen molar-refractivity contribution in [2.24, 2.45) is 4.99 Å². The molecule has 0 bridgehead atoms. The van der Waals surface area contributed by atoms with E-state index in [1.807, 2.05) is 6.92 Å². The van der Waals surface area contributed by atoms with Crippen LogP contribution >= 0.6 is 0 Å². The molecule has 0 aromatic heterocycles. The molecular weight excluding hydrogens is 264 g/mol. The minimum atomic E-state index is -3.38. The molecule has 6 nitrogen and oxygen atoms in total. The Hall–Kier alpha value is -0.920. The van der Waals surface area contributed by atoms with Crippen molar-refractivity contribution in [2.75, 3.05) is 20.6 Å². The predicted octanol–water partition coefficient (Wildman–Crippen LogP) is 0.551. The first kappa shape index (κ1) is 14.5. The Labute approximate surface area is 115 Å². The van der Waals surface area contributed by atoms with Gasteiger partial charge in [0.05, 0.1) is 6.04 Å². The highest BCUT2D eigenvalue weighted by Gasteiger charge is 2.35. The quantitative estimate of drug-likeness (QED) is 0.824. The number of nitrogens with one attached hydrogen (secondary N) is 1. The van der Waals surface area contributed by atoms with Crippen LogP contribution in [0, 0.1) is 0 Å². The van der Waals surface area contributed by atoms with Gasteiger partial charge in [-0.2, -0.15) is 17.4 Å². The van der Waals surface area contributed by atoms with Gasteiger partial charge >= 0.3 is 0 Å². The number of hydrogen-bond acceptors (Lipinski definition) is 4. The van der Waals surface area contributed by atoms with E-state index >= 15 is 0 Å². The van der Waals surface area contributed by atoms with Crippen LogP contribution in [0.2, 0.25) is 0 Å². The van der Waals surface area contributed by atoms with Gasteiger partial charge in [0.1, 0.15) is 5.84 Å². The summed E-state index contributed by atoms with van der Waals surface area (Å²) in [5.41, 5.74) is 2.45. The van der Waals surface area contributed by atoms with E-state index in [1.54, 1.807) is 0 Å². The molecule has 1 saturated heterocycles. The molecular formula is C12H22N4O2S. The lowest BCUT2D eigenvalue weighted by Crippen LogP contribution is -2.43. The molecule has 2 unspecified atom stereocenters. The molecule has 0 aliphatic carbocycles. The number of fused-ring (bicyclic) bond motifs is 1. The third-order valence-electron chi connectivity index (χ3n) is 3.82. The van der Waals surface area contributed by atoms with Gasteiger partial charge in [-0.1, -0.05) is 0 Å². The van der Waals surface area contributed by atoms with Gasteiger partial charge in [0, 0.05) is 38.8 Å². The highest BCUT2D eigenvalue weighted by Crippen LogP contribution is 2.31. The number of nitrogens with zero attached hydrogens (tertiary/aromatic N) is 3. The Balaban J connectivity index is 2.18. The van der Waals surface area contributed by atoms with E-state index in [1.165, 1.54) is 29.7 Å². The van der Waals surface area contributed by atoms with Crippen molar-refractivity contribution in [3.05, 3.63) is 11.3 Å². The fraction of sp³-hybridized carbons (Fsp3) is 0.750. The average Bonchev–Trinajstić information content (AvgIpc) is 2.69. The Morgan fingerprint density at radius 1 is 1.37 bits per heavy atom. The summed E-state index contributed by atoms with van der Waals surface area (Å²) in [6, 6.07) is 0.100. The maximum Gasteiger partial charge on any atom is 0.279 e. The van der Waals surface area contributed by atoms with Gasteiger partial charge in [0.2, 0.25) is 0 Å². The third-order valence-corrected chi connectivity index (χ3v) is 5.41. The summed E-state index contributed by atoms with van der Waals surface area (Å²) < 4.78 is 27.7. The largest absolute Gasteiger partial charge is 0.332 e. The highest BCUT2D eigenvalue weighted by atomic mass is 32.2. The smallest absolute Gasteiger partial charge is 0.279 e. The molecule has 2 rings (SSSR count). The molecule has 2 atom stereocenters. The molecule has 108 valence electrons. The zero-order valence-electron chi connectivity index (χ0n) is 12.1. The second kappa shape index (κ2) is 4.88. The van der Waals surface area contributed by atoms with E-state index in [-0.39, 0.29) is 12.1 Å². The van der Waals surface area contributed by atoms with Gasteiger partial charge in [0.25, 0.3) is 10.2 Å². The first-order chi connectivity index (χ1) is 8.72. The maximum atomic E-state index is 11.9. The molecule has 0 radical (unpaired) electrons. The van der Waals surface area contributed by atoms with Crippen LogP contribution in [0.1, 0.15) is 27.2 Å². The molecule has 2 aliphatic rings. The zero-order chi connectivity index (χ0) is 14.4. The monoisotopic (exact) mass is 286 g/mol. The number of amidine groups is 1. The van der Waals surface area contributed by atoms with Crippen LogP contribution in [0.5, 0.6) is 0 Å². The number of rotatable bonds is 3. The van der Waals surface area contributed by atoms with Crippen molar-refractivity contribution in [3.8, 4) is 0 Å². The minimum absolute atomic E-state index is 0.0900. The fourth-order valence-electron chi connectivity index (χ4n) is 2.52. The Kier molecular flexibility index (Phi) is 3.72. The summed E-state index contributed by atoms with van der Waals surface area (Å²) in [7, 11) is -0.315. The van der Waals surface area contributed by atoms with Gasteiger partial charge in [-0.15, -0.1) is 0 Å². The van der Waals surface area contributed by atoms with Gasteiger partial charge in [-0.3, -0.25) is 4.99 Å². The van der Waals surface area contributed by atoms with Crippen LogP contribution in [0.3, 0.4) is 0 Å². The average molecular weight is 286 g/mol. The van der Waals surface area contributed by atoms with Crippen molar-refractivity contribution in [1.29, 1.82) is 0 Å². The van der Waals surface area contributed by atoms with Crippen LogP contribution in [-0.4, -0.2) is 56.2 Å². The molecule has 0 spiro atoms. The van der Waals surface area contributed by atoms with Crippen LogP contribution < -0.4 is 4.72 Å². The molecule has 7 heteroatoms. The lowest BCUT2D eigenvalue weighted by Gasteiger charge is -2.28. The molecule has 0 aromatic rings. The normalized spacial score (nSPS) is 27.9. The molecule has 0 aromatic carbocycles. The van der Waals surface area contributed by atoms with Crippen molar-refractivity contribution in [2.45, 2.75) is 39.3 Å². The van der Waals surface area contributed by atoms with E-state index < -0.39 is 10.2 Å². The van der Waals surface area contributed by atoms with E-state index in [0.717, 1.165) is 12.3 Å². The summed E-state index contributed by atoms with van der Waals surface area (Å²) in [6.45, 7) is 6.78. The van der Waals surface area contributed by atoms with Crippen molar-refractivity contribution in [3.63, 3.8) is 0 Å². The van der Waals surface area contributed by atoms with E-state index in [0.29, 0.717) is 6.54 Å². The maximum absolute atomic E-state index is 11.9. The van der Waals surface area contributed by atoms with Gasteiger partial charge < -0.3 is 4.90 Å². The van der Waals surface area contributed by atoms with E-state index in [2.05, 4.69) is 28.5 Å². The number of aliphatic imine (C=N–C) groups is 1.